The molecule has 0 aliphatic rings. The van der Waals surface area contributed by atoms with Gasteiger partial charge in [0.2, 0.25) is 0 Å². The van der Waals surface area contributed by atoms with Crippen LogP contribution in [0.3, 0.4) is 0 Å². The van der Waals surface area contributed by atoms with Crippen molar-refractivity contribution in [3.63, 3.8) is 0 Å². The van der Waals surface area contributed by atoms with Crippen LogP contribution in [0.15, 0.2) is 54.6 Å². The van der Waals surface area contributed by atoms with Gasteiger partial charge in [-0.1, -0.05) is 35.3 Å². The Labute approximate surface area is 174 Å². The van der Waals surface area contributed by atoms with Gasteiger partial charge in [-0.05, 0) is 67.4 Å². The van der Waals surface area contributed by atoms with Crippen LogP contribution in [-0.2, 0) is 6.54 Å². The standard InChI is InChI=1S/C23H22Cl2N2O/c1-14-3-4-15(2)21(9-14)26-12-18(28)13-27-22-7-5-16(24)10-19(22)20-11-17(25)6-8-23(20)27/h3-11,18,26,28H,12-13H2,1-2H3/t18-/m1/s1. The number of hydrogen-bond donors (Lipinski definition) is 2. The fraction of sp³-hybridized carbons (Fsp3) is 0.217. The highest BCUT2D eigenvalue weighted by Crippen LogP contribution is 2.33. The van der Waals surface area contributed by atoms with Crippen molar-refractivity contribution >= 4 is 50.7 Å². The lowest BCUT2D eigenvalue weighted by Crippen LogP contribution is -2.25. The van der Waals surface area contributed by atoms with Gasteiger partial charge in [-0.15, -0.1) is 0 Å². The van der Waals surface area contributed by atoms with E-state index in [0.29, 0.717) is 23.1 Å². The SMILES string of the molecule is Cc1ccc(C)c(NC[C@@H](O)Cn2c3ccc(Cl)cc3c3cc(Cl)ccc32)c1. The van der Waals surface area contributed by atoms with Gasteiger partial charge < -0.3 is 15.0 Å². The van der Waals surface area contributed by atoms with Gasteiger partial charge in [-0.25, -0.2) is 0 Å². The van der Waals surface area contributed by atoms with E-state index in [-0.39, 0.29) is 0 Å². The maximum Gasteiger partial charge on any atom is 0.0891 e. The fourth-order valence-electron chi connectivity index (χ4n) is 3.67. The van der Waals surface area contributed by atoms with Gasteiger partial charge in [0, 0.05) is 44.1 Å². The van der Waals surface area contributed by atoms with Crippen molar-refractivity contribution in [3.05, 3.63) is 75.8 Å². The normalized spacial score (nSPS) is 12.6. The van der Waals surface area contributed by atoms with Crippen molar-refractivity contribution in [2.24, 2.45) is 0 Å². The molecule has 0 amide bonds. The molecule has 0 saturated heterocycles. The number of rotatable bonds is 5. The van der Waals surface area contributed by atoms with Gasteiger partial charge >= 0.3 is 0 Å². The minimum atomic E-state index is -0.551. The molecule has 4 aromatic rings. The van der Waals surface area contributed by atoms with Gasteiger partial charge in [0.15, 0.2) is 0 Å². The van der Waals surface area contributed by atoms with Gasteiger partial charge in [0.1, 0.15) is 0 Å². The first-order valence-electron chi connectivity index (χ1n) is 9.28. The molecule has 0 fully saturated rings. The van der Waals surface area contributed by atoms with E-state index >= 15 is 0 Å². The molecular weight excluding hydrogens is 391 g/mol. The number of fused-ring (bicyclic) bond motifs is 3. The smallest absolute Gasteiger partial charge is 0.0891 e. The van der Waals surface area contributed by atoms with E-state index in [1.54, 1.807) is 0 Å². The quantitative estimate of drug-likeness (QED) is 0.409. The van der Waals surface area contributed by atoms with Crippen LogP contribution in [0, 0.1) is 13.8 Å². The Balaban J connectivity index is 1.64. The van der Waals surface area contributed by atoms with Crippen molar-refractivity contribution in [2.45, 2.75) is 26.5 Å². The molecular formula is C23H22Cl2N2O. The van der Waals surface area contributed by atoms with E-state index in [1.165, 1.54) is 11.1 Å². The van der Waals surface area contributed by atoms with Crippen LogP contribution < -0.4 is 5.32 Å². The second kappa shape index (κ2) is 7.67. The minimum Gasteiger partial charge on any atom is -0.389 e. The molecule has 28 heavy (non-hydrogen) atoms. The van der Waals surface area contributed by atoms with Crippen molar-refractivity contribution in [3.8, 4) is 0 Å². The van der Waals surface area contributed by atoms with Crippen molar-refractivity contribution < 1.29 is 5.11 Å². The molecule has 0 unspecified atom stereocenters. The molecule has 1 atom stereocenters. The van der Waals surface area contributed by atoms with E-state index in [2.05, 4.69) is 41.9 Å². The van der Waals surface area contributed by atoms with Crippen molar-refractivity contribution in [1.82, 2.24) is 4.57 Å². The summed E-state index contributed by atoms with van der Waals surface area (Å²) in [6.45, 7) is 5.07. The Bertz CT molecular complexity index is 1110. The van der Waals surface area contributed by atoms with Gasteiger partial charge in [-0.2, -0.15) is 0 Å². The molecule has 4 rings (SSSR count). The Hall–Kier alpha value is -2.20. The number of aliphatic hydroxyl groups excluding tert-OH is 1. The minimum absolute atomic E-state index is 0.465. The predicted octanol–water partition coefficient (Wildman–Crippen LogP) is 6.19. The Morgan fingerprint density at radius 2 is 1.50 bits per heavy atom. The molecule has 144 valence electrons. The molecule has 1 heterocycles. The Morgan fingerprint density at radius 1 is 0.893 bits per heavy atom. The average molecular weight is 413 g/mol. The van der Waals surface area contributed by atoms with Crippen LogP contribution >= 0.6 is 23.2 Å². The second-order valence-corrected chi connectivity index (χ2v) is 8.16. The number of hydrogen-bond acceptors (Lipinski definition) is 2. The highest BCUT2D eigenvalue weighted by Gasteiger charge is 2.15. The Morgan fingerprint density at radius 3 is 2.11 bits per heavy atom. The highest BCUT2D eigenvalue weighted by atomic mass is 35.5. The van der Waals surface area contributed by atoms with Crippen LogP contribution in [0.25, 0.3) is 21.8 Å². The lowest BCUT2D eigenvalue weighted by Gasteiger charge is -2.17. The second-order valence-electron chi connectivity index (χ2n) is 7.29. The first-order chi connectivity index (χ1) is 13.4. The first-order valence-corrected chi connectivity index (χ1v) is 10.0. The van der Waals surface area contributed by atoms with Gasteiger partial charge in [-0.3, -0.25) is 0 Å². The summed E-state index contributed by atoms with van der Waals surface area (Å²) in [5, 5.41) is 17.6. The zero-order chi connectivity index (χ0) is 19.8. The highest BCUT2D eigenvalue weighted by molar-refractivity contribution is 6.33. The largest absolute Gasteiger partial charge is 0.389 e. The van der Waals surface area contributed by atoms with E-state index in [0.717, 1.165) is 27.5 Å². The molecule has 3 nitrogen and oxygen atoms in total. The molecule has 5 heteroatoms. The van der Waals surface area contributed by atoms with Crippen LogP contribution in [0.1, 0.15) is 11.1 Å². The summed E-state index contributed by atoms with van der Waals surface area (Å²) in [7, 11) is 0. The van der Waals surface area contributed by atoms with E-state index < -0.39 is 6.10 Å². The number of nitrogens with one attached hydrogen (secondary N) is 1. The summed E-state index contributed by atoms with van der Waals surface area (Å²) in [6.07, 6.45) is -0.551. The molecule has 0 radical (unpaired) electrons. The van der Waals surface area contributed by atoms with Gasteiger partial charge in [0.05, 0.1) is 12.6 Å². The number of nitrogens with zero attached hydrogens (tertiary/aromatic N) is 1. The third-order valence-electron chi connectivity index (χ3n) is 5.10. The third-order valence-corrected chi connectivity index (χ3v) is 5.57. The third kappa shape index (κ3) is 3.70. The zero-order valence-corrected chi connectivity index (χ0v) is 17.3. The summed E-state index contributed by atoms with van der Waals surface area (Å²) in [5.74, 6) is 0. The van der Waals surface area contributed by atoms with Crippen LogP contribution in [-0.4, -0.2) is 22.3 Å². The topological polar surface area (TPSA) is 37.2 Å². The van der Waals surface area contributed by atoms with Crippen molar-refractivity contribution in [1.29, 1.82) is 0 Å². The molecule has 3 aromatic carbocycles. The summed E-state index contributed by atoms with van der Waals surface area (Å²) in [6, 6.07) is 17.9. The monoisotopic (exact) mass is 412 g/mol. The van der Waals surface area contributed by atoms with E-state index in [1.807, 2.05) is 36.4 Å². The molecule has 2 N–H and O–H groups in total. The maximum absolute atomic E-state index is 10.7. The number of benzene rings is 3. The predicted molar refractivity (Wildman–Crippen MR) is 120 cm³/mol. The number of aryl methyl sites for hydroxylation is 2. The van der Waals surface area contributed by atoms with Crippen LogP contribution in [0.5, 0.6) is 0 Å². The molecule has 0 saturated carbocycles. The number of anilines is 1. The summed E-state index contributed by atoms with van der Waals surface area (Å²) >= 11 is 12.4. The summed E-state index contributed by atoms with van der Waals surface area (Å²) in [4.78, 5) is 0. The van der Waals surface area contributed by atoms with Crippen molar-refractivity contribution in [2.75, 3.05) is 11.9 Å². The Kier molecular flexibility index (Phi) is 5.24. The fourth-order valence-corrected chi connectivity index (χ4v) is 4.02. The number of halogens is 2. The first kappa shape index (κ1) is 19.1. The molecule has 0 aliphatic carbocycles. The molecule has 0 spiro atoms. The van der Waals surface area contributed by atoms with E-state index in [4.69, 9.17) is 23.2 Å². The van der Waals surface area contributed by atoms with Crippen LogP contribution in [0.2, 0.25) is 10.0 Å². The maximum atomic E-state index is 10.7. The molecule has 0 bridgehead atoms. The summed E-state index contributed by atoms with van der Waals surface area (Å²) in [5.41, 5.74) is 5.48. The average Bonchev–Trinajstić information content (AvgIpc) is 2.95. The zero-order valence-electron chi connectivity index (χ0n) is 15.8. The van der Waals surface area contributed by atoms with Gasteiger partial charge in [0.25, 0.3) is 0 Å². The van der Waals surface area contributed by atoms with E-state index in [9.17, 15) is 5.11 Å². The lowest BCUT2D eigenvalue weighted by atomic mass is 10.1. The number of aromatic nitrogens is 1. The van der Waals surface area contributed by atoms with Crippen LogP contribution in [0.4, 0.5) is 5.69 Å². The summed E-state index contributed by atoms with van der Waals surface area (Å²) < 4.78 is 2.13. The number of aliphatic hydroxyl groups is 1. The lowest BCUT2D eigenvalue weighted by molar-refractivity contribution is 0.169. The molecule has 0 aliphatic heterocycles. The molecule has 1 aromatic heterocycles.